The standard InChI is InChI=1S/C10H13NO/c1-8-4-5-11-9(6-8)10(2,3)7-12/h4-7H,1-3H3. The number of hydrogen-bond acceptors (Lipinski definition) is 2. The monoisotopic (exact) mass is 163 g/mol. The number of carbonyl (C=O) groups is 1. The Bertz CT molecular complexity index is 292. The summed E-state index contributed by atoms with van der Waals surface area (Å²) in [6, 6.07) is 3.86. The quantitative estimate of drug-likeness (QED) is 0.623. The summed E-state index contributed by atoms with van der Waals surface area (Å²) in [6.07, 6.45) is 2.66. The molecule has 64 valence electrons. The molecule has 0 saturated heterocycles. The molecule has 0 unspecified atom stereocenters. The van der Waals surface area contributed by atoms with Gasteiger partial charge in [0.15, 0.2) is 0 Å². The molecule has 0 saturated carbocycles. The molecule has 0 N–H and O–H groups in total. The molecule has 2 nitrogen and oxygen atoms in total. The molecule has 1 heterocycles. The third-order valence-electron chi connectivity index (χ3n) is 1.87. The van der Waals surface area contributed by atoms with E-state index in [0.29, 0.717) is 0 Å². The molecule has 0 atom stereocenters. The number of pyridine rings is 1. The van der Waals surface area contributed by atoms with E-state index < -0.39 is 5.41 Å². The number of aromatic nitrogens is 1. The summed E-state index contributed by atoms with van der Waals surface area (Å²) < 4.78 is 0. The summed E-state index contributed by atoms with van der Waals surface area (Å²) in [4.78, 5) is 14.8. The molecule has 0 aliphatic heterocycles. The number of rotatable bonds is 2. The highest BCUT2D eigenvalue weighted by Crippen LogP contribution is 2.18. The number of carbonyl (C=O) groups excluding carboxylic acids is 1. The fraction of sp³-hybridized carbons (Fsp3) is 0.400. The van der Waals surface area contributed by atoms with Crippen molar-refractivity contribution in [3.63, 3.8) is 0 Å². The highest BCUT2D eigenvalue weighted by Gasteiger charge is 2.20. The summed E-state index contributed by atoms with van der Waals surface area (Å²) in [5.74, 6) is 0. The van der Waals surface area contributed by atoms with Gasteiger partial charge in [0.1, 0.15) is 6.29 Å². The van der Waals surface area contributed by atoms with Gasteiger partial charge < -0.3 is 4.79 Å². The molecule has 0 aromatic carbocycles. The Labute approximate surface area is 72.6 Å². The fourth-order valence-electron chi connectivity index (χ4n) is 0.949. The van der Waals surface area contributed by atoms with Crippen LogP contribution < -0.4 is 0 Å². The number of aryl methyl sites for hydroxylation is 1. The van der Waals surface area contributed by atoms with Crippen molar-refractivity contribution >= 4 is 6.29 Å². The molecule has 0 bridgehead atoms. The molecule has 0 aliphatic carbocycles. The van der Waals surface area contributed by atoms with Crippen LogP contribution in [-0.4, -0.2) is 11.3 Å². The highest BCUT2D eigenvalue weighted by atomic mass is 16.1. The van der Waals surface area contributed by atoms with Crippen molar-refractivity contribution < 1.29 is 4.79 Å². The zero-order chi connectivity index (χ0) is 9.19. The molecule has 2 heteroatoms. The molecular formula is C10H13NO. The Morgan fingerprint density at radius 1 is 1.50 bits per heavy atom. The van der Waals surface area contributed by atoms with E-state index in [-0.39, 0.29) is 0 Å². The first-order chi connectivity index (χ1) is 5.56. The Hall–Kier alpha value is -1.18. The van der Waals surface area contributed by atoms with Gasteiger partial charge in [0, 0.05) is 6.20 Å². The van der Waals surface area contributed by atoms with Crippen LogP contribution in [0.2, 0.25) is 0 Å². The molecule has 1 aromatic rings. The van der Waals surface area contributed by atoms with Crippen molar-refractivity contribution in [2.45, 2.75) is 26.2 Å². The van der Waals surface area contributed by atoms with Crippen LogP contribution in [0.15, 0.2) is 18.3 Å². The van der Waals surface area contributed by atoms with Crippen molar-refractivity contribution in [2.24, 2.45) is 0 Å². The van der Waals surface area contributed by atoms with E-state index in [2.05, 4.69) is 4.98 Å². The zero-order valence-electron chi connectivity index (χ0n) is 7.66. The van der Waals surface area contributed by atoms with Crippen LogP contribution in [0, 0.1) is 6.92 Å². The van der Waals surface area contributed by atoms with Crippen molar-refractivity contribution in [2.75, 3.05) is 0 Å². The van der Waals surface area contributed by atoms with Gasteiger partial charge in [0.05, 0.1) is 11.1 Å². The van der Waals surface area contributed by atoms with Gasteiger partial charge in [-0.2, -0.15) is 0 Å². The topological polar surface area (TPSA) is 30.0 Å². The molecular weight excluding hydrogens is 150 g/mol. The lowest BCUT2D eigenvalue weighted by Gasteiger charge is -2.15. The molecule has 0 fully saturated rings. The van der Waals surface area contributed by atoms with E-state index >= 15 is 0 Å². The lowest BCUT2D eigenvalue weighted by atomic mass is 9.90. The summed E-state index contributed by atoms with van der Waals surface area (Å²) >= 11 is 0. The van der Waals surface area contributed by atoms with E-state index in [1.807, 2.05) is 32.9 Å². The van der Waals surface area contributed by atoms with Gasteiger partial charge in [0.2, 0.25) is 0 Å². The molecule has 1 rings (SSSR count). The van der Waals surface area contributed by atoms with Gasteiger partial charge in [-0.15, -0.1) is 0 Å². The smallest absolute Gasteiger partial charge is 0.131 e. The van der Waals surface area contributed by atoms with Crippen LogP contribution in [0.1, 0.15) is 25.1 Å². The van der Waals surface area contributed by atoms with Crippen LogP contribution in [-0.2, 0) is 10.2 Å². The van der Waals surface area contributed by atoms with Crippen molar-refractivity contribution in [3.8, 4) is 0 Å². The third-order valence-corrected chi connectivity index (χ3v) is 1.87. The van der Waals surface area contributed by atoms with Crippen molar-refractivity contribution in [1.29, 1.82) is 0 Å². The van der Waals surface area contributed by atoms with E-state index in [1.165, 1.54) is 0 Å². The number of hydrogen-bond donors (Lipinski definition) is 0. The Morgan fingerprint density at radius 2 is 2.17 bits per heavy atom. The number of aldehydes is 1. The van der Waals surface area contributed by atoms with Gasteiger partial charge >= 0.3 is 0 Å². The second-order valence-electron chi connectivity index (χ2n) is 3.56. The van der Waals surface area contributed by atoms with Crippen molar-refractivity contribution in [3.05, 3.63) is 29.6 Å². The lowest BCUT2D eigenvalue weighted by Crippen LogP contribution is -2.20. The summed E-state index contributed by atoms with van der Waals surface area (Å²) in [6.45, 7) is 5.72. The minimum atomic E-state index is -0.466. The predicted octanol–water partition coefficient (Wildman–Crippen LogP) is 1.87. The molecule has 0 radical (unpaired) electrons. The largest absolute Gasteiger partial charge is 0.302 e. The Balaban J connectivity index is 3.11. The first kappa shape index (κ1) is 8.91. The summed E-state index contributed by atoms with van der Waals surface area (Å²) in [7, 11) is 0. The predicted molar refractivity (Wildman–Crippen MR) is 48.1 cm³/mol. The van der Waals surface area contributed by atoms with E-state index in [0.717, 1.165) is 17.5 Å². The first-order valence-corrected chi connectivity index (χ1v) is 3.96. The SMILES string of the molecule is Cc1ccnc(C(C)(C)C=O)c1. The van der Waals surface area contributed by atoms with Crippen LogP contribution in [0.5, 0.6) is 0 Å². The maximum atomic E-state index is 10.7. The zero-order valence-corrected chi connectivity index (χ0v) is 7.66. The number of nitrogens with zero attached hydrogens (tertiary/aromatic N) is 1. The second kappa shape index (κ2) is 3.05. The summed E-state index contributed by atoms with van der Waals surface area (Å²) in [5, 5.41) is 0. The van der Waals surface area contributed by atoms with Gasteiger partial charge in [-0.05, 0) is 38.5 Å². The maximum absolute atomic E-state index is 10.7. The van der Waals surface area contributed by atoms with Gasteiger partial charge in [-0.3, -0.25) is 4.98 Å². The minimum Gasteiger partial charge on any atom is -0.302 e. The maximum Gasteiger partial charge on any atom is 0.131 e. The highest BCUT2D eigenvalue weighted by molar-refractivity contribution is 5.65. The molecule has 12 heavy (non-hydrogen) atoms. The molecule has 1 aromatic heterocycles. The second-order valence-corrected chi connectivity index (χ2v) is 3.56. The molecule has 0 amide bonds. The third kappa shape index (κ3) is 1.70. The average Bonchev–Trinajstić information content (AvgIpc) is 2.05. The first-order valence-electron chi connectivity index (χ1n) is 3.96. The summed E-state index contributed by atoms with van der Waals surface area (Å²) in [5.41, 5.74) is 1.50. The molecule has 0 spiro atoms. The van der Waals surface area contributed by atoms with Crippen molar-refractivity contribution in [1.82, 2.24) is 4.98 Å². The van der Waals surface area contributed by atoms with Crippen LogP contribution >= 0.6 is 0 Å². The van der Waals surface area contributed by atoms with Crippen LogP contribution in [0.4, 0.5) is 0 Å². The van der Waals surface area contributed by atoms with Gasteiger partial charge in [-0.1, -0.05) is 0 Å². The van der Waals surface area contributed by atoms with Crippen LogP contribution in [0.3, 0.4) is 0 Å². The fourth-order valence-corrected chi connectivity index (χ4v) is 0.949. The lowest BCUT2D eigenvalue weighted by molar-refractivity contribution is -0.111. The molecule has 0 aliphatic rings. The van der Waals surface area contributed by atoms with Gasteiger partial charge in [-0.25, -0.2) is 0 Å². The normalized spacial score (nSPS) is 11.2. The Morgan fingerprint density at radius 3 is 2.67 bits per heavy atom. The van der Waals surface area contributed by atoms with E-state index in [1.54, 1.807) is 6.20 Å². The Kier molecular flexibility index (Phi) is 2.27. The van der Waals surface area contributed by atoms with Gasteiger partial charge in [0.25, 0.3) is 0 Å². The van der Waals surface area contributed by atoms with Crippen LogP contribution in [0.25, 0.3) is 0 Å². The van der Waals surface area contributed by atoms with E-state index in [9.17, 15) is 4.79 Å². The van der Waals surface area contributed by atoms with E-state index in [4.69, 9.17) is 0 Å². The average molecular weight is 163 g/mol. The minimum absolute atomic E-state index is 0.466.